The first-order valence-corrected chi connectivity index (χ1v) is 10.9. The van der Waals surface area contributed by atoms with Crippen molar-refractivity contribution in [3.63, 3.8) is 0 Å². The van der Waals surface area contributed by atoms with E-state index in [0.717, 1.165) is 25.0 Å². The molecule has 29 heavy (non-hydrogen) atoms. The topological polar surface area (TPSA) is 123 Å². The van der Waals surface area contributed by atoms with E-state index in [9.17, 15) is 18.0 Å². The minimum absolute atomic E-state index is 0.00405. The van der Waals surface area contributed by atoms with E-state index in [2.05, 4.69) is 20.1 Å². The predicted octanol–water partition coefficient (Wildman–Crippen LogP) is 1.08. The molecule has 9 nitrogen and oxygen atoms in total. The first-order valence-electron chi connectivity index (χ1n) is 8.98. The second-order valence-corrected chi connectivity index (χ2v) is 8.22. The van der Waals surface area contributed by atoms with Crippen LogP contribution in [0.3, 0.4) is 0 Å². The number of esters is 1. The lowest BCUT2D eigenvalue weighted by atomic mass is 10.2. The molecule has 0 bridgehead atoms. The summed E-state index contributed by atoms with van der Waals surface area (Å²) < 4.78 is 37.3. The number of hydrogen-bond acceptors (Lipinski definition) is 7. The summed E-state index contributed by atoms with van der Waals surface area (Å²) in [4.78, 5) is 23.0. The molecule has 0 aliphatic carbocycles. The van der Waals surface area contributed by atoms with Crippen molar-refractivity contribution >= 4 is 44.9 Å². The Bertz CT molecular complexity index is 862. The molecule has 1 aliphatic heterocycles. The standard InChI is InChI=1S/C18H23N3O6S2/c1-2-26-17(23)10-9-16(22)21-18(28)20-13-5-7-15(8-6-13)29(24,25)19-12-14-4-3-11-27-14/h5-10,14,19H,2-4,11-12H2,1H3,(H2,20,21,22,28)/b10-9+. The molecule has 158 valence electrons. The fourth-order valence-electron chi connectivity index (χ4n) is 2.46. The highest BCUT2D eigenvalue weighted by atomic mass is 32.2. The maximum absolute atomic E-state index is 12.3. The number of hydrogen-bond donors (Lipinski definition) is 3. The van der Waals surface area contributed by atoms with E-state index >= 15 is 0 Å². The first-order chi connectivity index (χ1) is 13.8. The number of thiocarbonyl (C=S) groups is 1. The number of benzene rings is 1. The van der Waals surface area contributed by atoms with Crippen LogP contribution in [0.4, 0.5) is 5.69 Å². The first kappa shape index (κ1) is 22.9. The molecule has 0 saturated carbocycles. The van der Waals surface area contributed by atoms with E-state index in [1.807, 2.05) is 0 Å². The minimum atomic E-state index is -3.65. The third-order valence-electron chi connectivity index (χ3n) is 3.84. The fraction of sp³-hybridized carbons (Fsp3) is 0.389. The lowest BCUT2D eigenvalue weighted by Crippen LogP contribution is -2.33. The van der Waals surface area contributed by atoms with E-state index in [1.54, 1.807) is 6.92 Å². The summed E-state index contributed by atoms with van der Waals surface area (Å²) >= 11 is 5.01. The van der Waals surface area contributed by atoms with Crippen molar-refractivity contribution in [2.45, 2.75) is 30.8 Å². The van der Waals surface area contributed by atoms with Crippen molar-refractivity contribution in [3.8, 4) is 0 Å². The molecule has 1 fully saturated rings. The molecule has 1 aliphatic rings. The summed E-state index contributed by atoms with van der Waals surface area (Å²) in [5.41, 5.74) is 0.489. The second kappa shape index (κ2) is 11.0. The average molecular weight is 442 g/mol. The monoisotopic (exact) mass is 441 g/mol. The van der Waals surface area contributed by atoms with E-state index in [0.29, 0.717) is 12.3 Å². The molecule has 1 amide bonds. The van der Waals surface area contributed by atoms with Crippen LogP contribution in [0, 0.1) is 0 Å². The van der Waals surface area contributed by atoms with Gasteiger partial charge in [-0.3, -0.25) is 10.1 Å². The Morgan fingerprint density at radius 3 is 2.62 bits per heavy atom. The molecule has 3 N–H and O–H groups in total. The van der Waals surface area contributed by atoms with E-state index < -0.39 is 21.9 Å². The molecule has 0 spiro atoms. The van der Waals surface area contributed by atoms with Crippen molar-refractivity contribution in [1.82, 2.24) is 10.0 Å². The smallest absolute Gasteiger partial charge is 0.330 e. The molecule has 2 rings (SSSR count). The molecular weight excluding hydrogens is 418 g/mol. The predicted molar refractivity (Wildman–Crippen MR) is 111 cm³/mol. The Labute approximate surface area is 174 Å². The van der Waals surface area contributed by atoms with Crippen molar-refractivity contribution in [1.29, 1.82) is 0 Å². The van der Waals surface area contributed by atoms with Crippen molar-refractivity contribution in [2.75, 3.05) is 25.1 Å². The van der Waals surface area contributed by atoms with Crippen LogP contribution in [-0.2, 0) is 29.1 Å². The molecule has 1 atom stereocenters. The zero-order valence-corrected chi connectivity index (χ0v) is 17.5. The van der Waals surface area contributed by atoms with Crippen molar-refractivity contribution in [2.24, 2.45) is 0 Å². The number of rotatable bonds is 8. The molecule has 1 aromatic rings. The second-order valence-electron chi connectivity index (χ2n) is 6.04. The van der Waals surface area contributed by atoms with E-state index in [4.69, 9.17) is 17.0 Å². The maximum atomic E-state index is 12.3. The van der Waals surface area contributed by atoms with Gasteiger partial charge in [-0.2, -0.15) is 0 Å². The zero-order valence-electron chi connectivity index (χ0n) is 15.8. The molecular formula is C18H23N3O6S2. The van der Waals surface area contributed by atoms with Gasteiger partial charge in [-0.1, -0.05) is 0 Å². The van der Waals surface area contributed by atoms with Crippen LogP contribution < -0.4 is 15.4 Å². The lowest BCUT2D eigenvalue weighted by molar-refractivity contribution is -0.137. The van der Waals surface area contributed by atoms with E-state index in [1.165, 1.54) is 24.3 Å². The number of carbonyl (C=O) groups is 2. The Kier molecular flexibility index (Phi) is 8.70. The number of anilines is 1. The Hall–Kier alpha value is -2.34. The van der Waals surface area contributed by atoms with Gasteiger partial charge in [0.1, 0.15) is 0 Å². The van der Waals surface area contributed by atoms with Crippen LogP contribution in [0.2, 0.25) is 0 Å². The number of ether oxygens (including phenoxy) is 2. The molecule has 0 aromatic heterocycles. The van der Waals surface area contributed by atoms with E-state index in [-0.39, 0.29) is 29.3 Å². The summed E-state index contributed by atoms with van der Waals surface area (Å²) in [7, 11) is -3.65. The van der Waals surface area contributed by atoms with Crippen LogP contribution in [-0.4, -0.2) is 51.3 Å². The molecule has 1 aromatic carbocycles. The highest BCUT2D eigenvalue weighted by molar-refractivity contribution is 7.89. The van der Waals surface area contributed by atoms with Gasteiger partial charge >= 0.3 is 5.97 Å². The summed E-state index contributed by atoms with van der Waals surface area (Å²) in [6.45, 7) is 2.75. The summed E-state index contributed by atoms with van der Waals surface area (Å²) in [6, 6.07) is 5.89. The van der Waals surface area contributed by atoms with Crippen LogP contribution in [0.5, 0.6) is 0 Å². The Balaban J connectivity index is 1.85. The van der Waals surface area contributed by atoms with Gasteiger partial charge in [0.25, 0.3) is 0 Å². The van der Waals surface area contributed by atoms with Gasteiger partial charge in [-0.05, 0) is 56.2 Å². The van der Waals surface area contributed by atoms with Crippen LogP contribution in [0.25, 0.3) is 0 Å². The van der Waals surface area contributed by atoms with Gasteiger partial charge in [0.2, 0.25) is 15.9 Å². The highest BCUT2D eigenvalue weighted by Gasteiger charge is 2.20. The maximum Gasteiger partial charge on any atom is 0.330 e. The van der Waals surface area contributed by atoms with Crippen molar-refractivity contribution in [3.05, 3.63) is 36.4 Å². The molecule has 1 saturated heterocycles. The number of amides is 1. The summed E-state index contributed by atoms with van der Waals surface area (Å²) in [5, 5.41) is 5.12. The Morgan fingerprint density at radius 1 is 1.28 bits per heavy atom. The summed E-state index contributed by atoms with van der Waals surface area (Å²) in [6.07, 6.45) is 3.67. The van der Waals surface area contributed by atoms with Gasteiger partial charge in [-0.15, -0.1) is 0 Å². The van der Waals surface area contributed by atoms with Gasteiger partial charge in [-0.25, -0.2) is 17.9 Å². The highest BCUT2D eigenvalue weighted by Crippen LogP contribution is 2.15. The van der Waals surface area contributed by atoms with Crippen LogP contribution >= 0.6 is 12.2 Å². The number of carbonyl (C=O) groups excluding carboxylic acids is 2. The molecule has 0 radical (unpaired) electrons. The molecule has 1 heterocycles. The quantitative estimate of drug-likeness (QED) is 0.311. The van der Waals surface area contributed by atoms with Gasteiger partial charge in [0.05, 0.1) is 17.6 Å². The van der Waals surface area contributed by atoms with Gasteiger partial charge < -0.3 is 14.8 Å². The third-order valence-corrected chi connectivity index (χ3v) is 5.49. The zero-order chi connectivity index (χ0) is 21.3. The third kappa shape index (κ3) is 7.89. The van der Waals surface area contributed by atoms with Crippen LogP contribution in [0.15, 0.2) is 41.3 Å². The molecule has 11 heteroatoms. The van der Waals surface area contributed by atoms with Gasteiger partial charge in [0, 0.05) is 31.0 Å². The largest absolute Gasteiger partial charge is 0.463 e. The summed E-state index contributed by atoms with van der Waals surface area (Å²) in [5.74, 6) is -1.24. The normalized spacial score (nSPS) is 16.5. The number of sulfonamides is 1. The van der Waals surface area contributed by atoms with Crippen LogP contribution in [0.1, 0.15) is 19.8 Å². The fourth-order valence-corrected chi connectivity index (χ4v) is 3.74. The lowest BCUT2D eigenvalue weighted by Gasteiger charge is -2.12. The van der Waals surface area contributed by atoms with Crippen molar-refractivity contribution < 1.29 is 27.5 Å². The average Bonchev–Trinajstić information content (AvgIpc) is 3.19. The SMILES string of the molecule is CCOC(=O)/C=C/C(=O)NC(=S)Nc1ccc(S(=O)(=O)NCC2CCCO2)cc1. The minimum Gasteiger partial charge on any atom is -0.463 e. The van der Waals surface area contributed by atoms with Gasteiger partial charge in [0.15, 0.2) is 5.11 Å². The Morgan fingerprint density at radius 2 is 2.00 bits per heavy atom. The number of nitrogens with one attached hydrogen (secondary N) is 3. The molecule has 1 unspecified atom stereocenters.